The van der Waals surface area contributed by atoms with E-state index in [1.165, 1.54) is 4.90 Å². The van der Waals surface area contributed by atoms with E-state index in [2.05, 4.69) is 5.32 Å². The Morgan fingerprint density at radius 3 is 2.70 bits per heavy atom. The smallest absolute Gasteiger partial charge is 0.252 e. The fourth-order valence-electron chi connectivity index (χ4n) is 2.49. The van der Waals surface area contributed by atoms with Crippen molar-refractivity contribution in [1.82, 2.24) is 4.90 Å². The Kier molecular flexibility index (Phi) is 3.00. The quantitative estimate of drug-likeness (QED) is 0.844. The minimum Gasteiger partial charge on any atom is -0.454 e. The third kappa shape index (κ3) is 2.07. The predicted molar refractivity (Wildman–Crippen MR) is 71.6 cm³/mol. The summed E-state index contributed by atoms with van der Waals surface area (Å²) in [6, 6.07) is 4.75. The maximum atomic E-state index is 12.2. The highest BCUT2D eigenvalue weighted by molar-refractivity contribution is 6.07. The number of ether oxygens (including phenoxy) is 2. The molecule has 1 saturated heterocycles. The molecule has 6 nitrogen and oxygen atoms in total. The van der Waals surface area contributed by atoms with Crippen LogP contribution >= 0.6 is 0 Å². The molecule has 6 heteroatoms. The summed E-state index contributed by atoms with van der Waals surface area (Å²) in [6.07, 6.45) is 0.186. The summed E-state index contributed by atoms with van der Waals surface area (Å²) < 4.78 is 10.5. The van der Waals surface area contributed by atoms with Crippen LogP contribution in [0.5, 0.6) is 11.5 Å². The predicted octanol–water partition coefficient (Wildman–Crippen LogP) is 1.36. The molecule has 3 rings (SSSR count). The van der Waals surface area contributed by atoms with Crippen molar-refractivity contribution in [3.63, 3.8) is 0 Å². The third-order valence-electron chi connectivity index (χ3n) is 3.41. The highest BCUT2D eigenvalue weighted by Crippen LogP contribution is 2.34. The molecule has 106 valence electrons. The number of anilines is 1. The molecule has 0 radical (unpaired) electrons. The van der Waals surface area contributed by atoms with Crippen LogP contribution in [0.1, 0.15) is 20.3 Å². The van der Waals surface area contributed by atoms with Gasteiger partial charge in [0.15, 0.2) is 11.5 Å². The number of carbonyl (C=O) groups excluding carboxylic acids is 2. The number of likely N-dealkylation sites (tertiary alicyclic amines) is 1. The lowest BCUT2D eigenvalue weighted by molar-refractivity contribution is -0.140. The second kappa shape index (κ2) is 4.70. The minimum atomic E-state index is -0.509. The van der Waals surface area contributed by atoms with E-state index < -0.39 is 6.04 Å². The molecule has 2 aliphatic heterocycles. The lowest BCUT2D eigenvalue weighted by Crippen LogP contribution is -2.39. The van der Waals surface area contributed by atoms with Gasteiger partial charge in [-0.05, 0) is 26.0 Å². The van der Waals surface area contributed by atoms with Crippen LogP contribution in [0.25, 0.3) is 0 Å². The molecule has 1 fully saturated rings. The first-order chi connectivity index (χ1) is 9.56. The number of nitrogens with one attached hydrogen (secondary N) is 1. The van der Waals surface area contributed by atoms with E-state index in [9.17, 15) is 9.59 Å². The van der Waals surface area contributed by atoms with Gasteiger partial charge in [-0.2, -0.15) is 0 Å². The Balaban J connectivity index is 1.76. The normalized spacial score (nSPS) is 20.9. The largest absolute Gasteiger partial charge is 0.454 e. The van der Waals surface area contributed by atoms with Crippen LogP contribution in [-0.4, -0.2) is 35.6 Å². The van der Waals surface area contributed by atoms with E-state index in [4.69, 9.17) is 9.47 Å². The van der Waals surface area contributed by atoms with Crippen LogP contribution in [0.3, 0.4) is 0 Å². The average molecular weight is 276 g/mol. The van der Waals surface area contributed by atoms with Gasteiger partial charge in [-0.1, -0.05) is 0 Å². The topological polar surface area (TPSA) is 67.9 Å². The van der Waals surface area contributed by atoms with Crippen molar-refractivity contribution in [1.29, 1.82) is 0 Å². The van der Waals surface area contributed by atoms with Gasteiger partial charge in [0, 0.05) is 17.8 Å². The first kappa shape index (κ1) is 12.8. The van der Waals surface area contributed by atoms with Crippen molar-refractivity contribution in [3.8, 4) is 11.5 Å². The molecule has 0 saturated carbocycles. The number of benzene rings is 1. The lowest BCUT2D eigenvalue weighted by Gasteiger charge is -2.19. The molecule has 0 aromatic heterocycles. The van der Waals surface area contributed by atoms with Gasteiger partial charge in [-0.15, -0.1) is 0 Å². The summed E-state index contributed by atoms with van der Waals surface area (Å²) in [6.45, 7) is 3.87. The summed E-state index contributed by atoms with van der Waals surface area (Å²) in [7, 11) is 0. The van der Waals surface area contributed by atoms with Crippen LogP contribution in [-0.2, 0) is 9.59 Å². The van der Waals surface area contributed by atoms with Gasteiger partial charge in [-0.3, -0.25) is 14.5 Å². The van der Waals surface area contributed by atoms with E-state index in [0.717, 1.165) is 5.69 Å². The van der Waals surface area contributed by atoms with Crippen molar-refractivity contribution in [2.45, 2.75) is 32.4 Å². The Labute approximate surface area is 116 Å². The molecule has 0 bridgehead atoms. The van der Waals surface area contributed by atoms with Crippen LogP contribution < -0.4 is 14.8 Å². The van der Waals surface area contributed by atoms with Gasteiger partial charge >= 0.3 is 0 Å². The summed E-state index contributed by atoms with van der Waals surface area (Å²) in [5.41, 5.74) is 0.742. The Morgan fingerprint density at radius 1 is 1.25 bits per heavy atom. The van der Waals surface area contributed by atoms with E-state index in [1.54, 1.807) is 12.1 Å². The van der Waals surface area contributed by atoms with Crippen LogP contribution in [0, 0.1) is 0 Å². The number of nitrogens with zero attached hydrogens (tertiary/aromatic N) is 1. The number of imide groups is 1. The van der Waals surface area contributed by atoms with Crippen molar-refractivity contribution in [2.75, 3.05) is 12.1 Å². The summed E-state index contributed by atoms with van der Waals surface area (Å²) in [4.78, 5) is 25.3. The Hall–Kier alpha value is -2.24. The molecule has 1 atom stereocenters. The molecular weight excluding hydrogens is 260 g/mol. The molecule has 1 unspecified atom stereocenters. The van der Waals surface area contributed by atoms with Crippen molar-refractivity contribution < 1.29 is 19.1 Å². The second-order valence-corrected chi connectivity index (χ2v) is 5.16. The van der Waals surface area contributed by atoms with Crippen LogP contribution in [0.15, 0.2) is 18.2 Å². The molecule has 2 heterocycles. The standard InChI is InChI=1S/C14H16N2O4/c1-8(2)16-13(17)6-10(14(16)18)15-9-3-4-11-12(5-9)20-7-19-11/h3-5,8,10,15H,6-7H2,1-2H3. The maximum Gasteiger partial charge on any atom is 0.252 e. The van der Waals surface area contributed by atoms with Gasteiger partial charge in [0.25, 0.3) is 5.91 Å². The molecule has 2 aliphatic rings. The highest BCUT2D eigenvalue weighted by Gasteiger charge is 2.39. The lowest BCUT2D eigenvalue weighted by atomic mass is 10.2. The molecular formula is C14H16N2O4. The van der Waals surface area contributed by atoms with Crippen LogP contribution in [0.4, 0.5) is 5.69 Å². The number of rotatable bonds is 3. The van der Waals surface area contributed by atoms with E-state index in [1.807, 2.05) is 19.9 Å². The SMILES string of the molecule is CC(C)N1C(=O)CC(Nc2ccc3c(c2)OCO3)C1=O. The van der Waals surface area contributed by atoms with E-state index in [0.29, 0.717) is 11.5 Å². The first-order valence-corrected chi connectivity index (χ1v) is 6.58. The molecule has 2 amide bonds. The van der Waals surface area contributed by atoms with Gasteiger partial charge in [0.05, 0.1) is 6.42 Å². The average Bonchev–Trinajstić information content (AvgIpc) is 2.94. The number of amides is 2. The highest BCUT2D eigenvalue weighted by atomic mass is 16.7. The van der Waals surface area contributed by atoms with Gasteiger partial charge < -0.3 is 14.8 Å². The zero-order valence-corrected chi connectivity index (χ0v) is 11.4. The van der Waals surface area contributed by atoms with Crippen molar-refractivity contribution in [3.05, 3.63) is 18.2 Å². The zero-order valence-electron chi connectivity index (χ0n) is 11.4. The van der Waals surface area contributed by atoms with Gasteiger partial charge in [0.1, 0.15) is 6.04 Å². The van der Waals surface area contributed by atoms with E-state index >= 15 is 0 Å². The molecule has 20 heavy (non-hydrogen) atoms. The van der Waals surface area contributed by atoms with Crippen molar-refractivity contribution >= 4 is 17.5 Å². The molecule has 1 N–H and O–H groups in total. The Morgan fingerprint density at radius 2 is 2.00 bits per heavy atom. The van der Waals surface area contributed by atoms with Crippen LogP contribution in [0.2, 0.25) is 0 Å². The Bertz CT molecular complexity index is 570. The monoisotopic (exact) mass is 276 g/mol. The summed E-state index contributed by atoms with van der Waals surface area (Å²) in [5, 5.41) is 3.09. The zero-order chi connectivity index (χ0) is 14.3. The van der Waals surface area contributed by atoms with E-state index in [-0.39, 0.29) is 31.1 Å². The summed E-state index contributed by atoms with van der Waals surface area (Å²) >= 11 is 0. The fourth-order valence-corrected chi connectivity index (χ4v) is 2.49. The number of hydrogen-bond acceptors (Lipinski definition) is 5. The number of hydrogen-bond donors (Lipinski definition) is 1. The molecule has 0 aliphatic carbocycles. The third-order valence-corrected chi connectivity index (χ3v) is 3.41. The van der Waals surface area contributed by atoms with Gasteiger partial charge in [-0.25, -0.2) is 0 Å². The fraction of sp³-hybridized carbons (Fsp3) is 0.429. The van der Waals surface area contributed by atoms with Gasteiger partial charge in [0.2, 0.25) is 12.7 Å². The molecule has 1 aromatic carbocycles. The molecule has 0 spiro atoms. The summed E-state index contributed by atoms with van der Waals surface area (Å²) in [5.74, 6) is 1.02. The second-order valence-electron chi connectivity index (χ2n) is 5.16. The number of carbonyl (C=O) groups is 2. The van der Waals surface area contributed by atoms with Crippen molar-refractivity contribution in [2.24, 2.45) is 0 Å². The number of fused-ring (bicyclic) bond motifs is 1. The molecule has 1 aromatic rings. The maximum absolute atomic E-state index is 12.2. The minimum absolute atomic E-state index is 0.112. The first-order valence-electron chi connectivity index (χ1n) is 6.58.